The Balaban J connectivity index is 1.96. The van der Waals surface area contributed by atoms with E-state index in [1.165, 1.54) is 25.1 Å². The van der Waals surface area contributed by atoms with Gasteiger partial charge >= 0.3 is 5.97 Å². The van der Waals surface area contributed by atoms with Gasteiger partial charge in [-0.15, -0.1) is 0 Å². The molecule has 1 aliphatic rings. The van der Waals surface area contributed by atoms with Crippen molar-refractivity contribution in [3.8, 4) is 0 Å². The van der Waals surface area contributed by atoms with Crippen molar-refractivity contribution < 1.29 is 18.3 Å². The van der Waals surface area contributed by atoms with E-state index in [9.17, 15) is 18.3 Å². The first kappa shape index (κ1) is 16.7. The van der Waals surface area contributed by atoms with Crippen molar-refractivity contribution in [3.63, 3.8) is 0 Å². The lowest BCUT2D eigenvalue weighted by Gasteiger charge is -2.20. The number of benzene rings is 2. The average molecular weight is 345 g/mol. The highest BCUT2D eigenvalue weighted by molar-refractivity contribution is 7.89. The molecule has 0 amide bonds. The molecule has 0 aliphatic heterocycles. The van der Waals surface area contributed by atoms with Crippen molar-refractivity contribution >= 4 is 16.0 Å². The lowest BCUT2D eigenvalue weighted by molar-refractivity contribution is 0.0696. The first-order valence-electron chi connectivity index (χ1n) is 7.80. The van der Waals surface area contributed by atoms with Gasteiger partial charge in [0.15, 0.2) is 0 Å². The fourth-order valence-corrected chi connectivity index (χ4v) is 4.45. The monoisotopic (exact) mass is 345 g/mol. The van der Waals surface area contributed by atoms with Crippen LogP contribution in [0.3, 0.4) is 0 Å². The van der Waals surface area contributed by atoms with Gasteiger partial charge in [-0.2, -0.15) is 0 Å². The first-order chi connectivity index (χ1) is 11.4. The van der Waals surface area contributed by atoms with E-state index in [-0.39, 0.29) is 28.0 Å². The van der Waals surface area contributed by atoms with Crippen LogP contribution in [0.1, 0.15) is 40.4 Å². The molecule has 6 heteroatoms. The van der Waals surface area contributed by atoms with Crippen LogP contribution in [-0.2, 0) is 10.0 Å². The zero-order chi connectivity index (χ0) is 17.3. The largest absolute Gasteiger partial charge is 0.478 e. The molecule has 0 saturated heterocycles. The van der Waals surface area contributed by atoms with Gasteiger partial charge in [-0.05, 0) is 48.9 Å². The van der Waals surface area contributed by atoms with E-state index < -0.39 is 16.0 Å². The molecular formula is C18H19NO4S. The fraction of sp³-hybridized carbons (Fsp3) is 0.278. The second kappa shape index (κ2) is 6.37. The van der Waals surface area contributed by atoms with Gasteiger partial charge in [0.25, 0.3) is 0 Å². The van der Waals surface area contributed by atoms with Crippen molar-refractivity contribution in [2.24, 2.45) is 5.92 Å². The predicted octanol–water partition coefficient (Wildman–Crippen LogP) is 3.12. The summed E-state index contributed by atoms with van der Waals surface area (Å²) < 4.78 is 28.5. The second-order valence-corrected chi connectivity index (χ2v) is 7.76. The Morgan fingerprint density at radius 2 is 1.79 bits per heavy atom. The van der Waals surface area contributed by atoms with E-state index in [1.807, 2.05) is 30.3 Å². The molecule has 1 aliphatic carbocycles. The molecule has 3 rings (SSSR count). The Kier molecular flexibility index (Phi) is 4.43. The molecule has 2 N–H and O–H groups in total. The molecule has 5 nitrogen and oxygen atoms in total. The summed E-state index contributed by atoms with van der Waals surface area (Å²) in [6.45, 7) is 1.52. The third-order valence-corrected chi connectivity index (χ3v) is 5.92. The van der Waals surface area contributed by atoms with E-state index in [4.69, 9.17) is 0 Å². The highest BCUT2D eigenvalue weighted by Crippen LogP contribution is 2.41. The minimum absolute atomic E-state index is 0.000517. The molecule has 2 aromatic rings. The Bertz CT molecular complexity index is 858. The summed E-state index contributed by atoms with van der Waals surface area (Å²) in [5, 5.41) is 9.20. The maximum absolute atomic E-state index is 12.8. The summed E-state index contributed by atoms with van der Waals surface area (Å²) in [5.74, 6) is -0.850. The van der Waals surface area contributed by atoms with Crippen molar-refractivity contribution in [3.05, 3.63) is 65.2 Å². The van der Waals surface area contributed by atoms with Crippen LogP contribution in [0.25, 0.3) is 0 Å². The third-order valence-electron chi connectivity index (χ3n) is 4.34. The van der Waals surface area contributed by atoms with Gasteiger partial charge < -0.3 is 5.11 Å². The summed E-state index contributed by atoms with van der Waals surface area (Å²) in [5.41, 5.74) is 1.18. The zero-order valence-electron chi connectivity index (χ0n) is 13.3. The van der Waals surface area contributed by atoms with Crippen LogP contribution in [0.4, 0.5) is 0 Å². The van der Waals surface area contributed by atoms with E-state index in [0.717, 1.165) is 18.4 Å². The van der Waals surface area contributed by atoms with Crippen molar-refractivity contribution in [1.29, 1.82) is 0 Å². The average Bonchev–Trinajstić information content (AvgIpc) is 3.38. The van der Waals surface area contributed by atoms with Gasteiger partial charge in [-0.25, -0.2) is 17.9 Å². The normalized spacial score (nSPS) is 15.9. The summed E-state index contributed by atoms with van der Waals surface area (Å²) in [4.78, 5) is 11.3. The van der Waals surface area contributed by atoms with E-state index >= 15 is 0 Å². The highest BCUT2D eigenvalue weighted by Gasteiger charge is 2.35. The van der Waals surface area contributed by atoms with Crippen LogP contribution in [0.2, 0.25) is 0 Å². The minimum Gasteiger partial charge on any atom is -0.478 e. The molecule has 1 saturated carbocycles. The van der Waals surface area contributed by atoms with Crippen molar-refractivity contribution in [1.82, 2.24) is 4.72 Å². The van der Waals surface area contributed by atoms with Crippen LogP contribution in [-0.4, -0.2) is 19.5 Å². The smallest absolute Gasteiger partial charge is 0.335 e. The number of sulfonamides is 1. The quantitative estimate of drug-likeness (QED) is 0.842. The molecule has 2 aromatic carbocycles. The lowest BCUT2D eigenvalue weighted by Crippen LogP contribution is -2.30. The molecule has 1 fully saturated rings. The van der Waals surface area contributed by atoms with Crippen molar-refractivity contribution in [2.45, 2.75) is 30.7 Å². The summed E-state index contributed by atoms with van der Waals surface area (Å²) in [6.07, 6.45) is 1.96. The molecule has 0 radical (unpaired) electrons. The maximum atomic E-state index is 12.8. The van der Waals surface area contributed by atoms with Gasteiger partial charge in [-0.3, -0.25) is 0 Å². The molecule has 0 aromatic heterocycles. The van der Waals surface area contributed by atoms with Crippen LogP contribution in [0, 0.1) is 12.8 Å². The third kappa shape index (κ3) is 3.34. The highest BCUT2D eigenvalue weighted by atomic mass is 32.2. The van der Waals surface area contributed by atoms with Crippen LogP contribution >= 0.6 is 0 Å². The molecule has 1 unspecified atom stereocenters. The number of hydrogen-bond donors (Lipinski definition) is 2. The molecule has 0 heterocycles. The standard InChI is InChI=1S/C18H19NO4S/c1-12-15(18(20)21)8-5-9-16(12)24(22,23)19-17(14-10-11-14)13-6-3-2-4-7-13/h2-9,14,17,19H,10-11H2,1H3,(H,20,21). The van der Waals surface area contributed by atoms with Gasteiger partial charge in [0.1, 0.15) is 0 Å². The number of nitrogens with one attached hydrogen (secondary N) is 1. The van der Waals surface area contributed by atoms with Crippen LogP contribution in [0.5, 0.6) is 0 Å². The maximum Gasteiger partial charge on any atom is 0.335 e. The number of carbonyl (C=O) groups is 1. The second-order valence-electron chi connectivity index (χ2n) is 6.08. The fourth-order valence-electron chi connectivity index (χ4n) is 2.89. The summed E-state index contributed by atoms with van der Waals surface area (Å²) in [7, 11) is -3.81. The number of hydrogen-bond acceptors (Lipinski definition) is 3. The number of rotatable bonds is 6. The predicted molar refractivity (Wildman–Crippen MR) is 90.4 cm³/mol. The van der Waals surface area contributed by atoms with E-state index in [2.05, 4.69) is 4.72 Å². The zero-order valence-corrected chi connectivity index (χ0v) is 14.1. The Hall–Kier alpha value is -2.18. The van der Waals surface area contributed by atoms with Gasteiger partial charge in [0, 0.05) is 6.04 Å². The molecule has 1 atom stereocenters. The minimum atomic E-state index is -3.81. The SMILES string of the molecule is Cc1c(C(=O)O)cccc1S(=O)(=O)NC(c1ccccc1)C1CC1. The topological polar surface area (TPSA) is 83.5 Å². The molecular weight excluding hydrogens is 326 g/mol. The Morgan fingerprint density at radius 3 is 2.38 bits per heavy atom. The van der Waals surface area contributed by atoms with Crippen LogP contribution in [0.15, 0.2) is 53.4 Å². The number of carboxylic acid groups (broad SMARTS) is 1. The molecule has 24 heavy (non-hydrogen) atoms. The molecule has 126 valence electrons. The van der Waals surface area contributed by atoms with Gasteiger partial charge in [-0.1, -0.05) is 36.4 Å². The first-order valence-corrected chi connectivity index (χ1v) is 9.28. The van der Waals surface area contributed by atoms with E-state index in [1.54, 1.807) is 0 Å². The number of aromatic carboxylic acids is 1. The number of carboxylic acids is 1. The Morgan fingerprint density at radius 1 is 1.12 bits per heavy atom. The lowest BCUT2D eigenvalue weighted by atomic mass is 10.0. The van der Waals surface area contributed by atoms with Crippen molar-refractivity contribution in [2.75, 3.05) is 0 Å². The molecule has 0 spiro atoms. The van der Waals surface area contributed by atoms with Crippen LogP contribution < -0.4 is 4.72 Å². The summed E-state index contributed by atoms with van der Waals surface area (Å²) >= 11 is 0. The Labute approximate surface area is 141 Å². The van der Waals surface area contributed by atoms with Gasteiger partial charge in [0.05, 0.1) is 10.5 Å². The summed E-state index contributed by atoms with van der Waals surface area (Å²) in [6, 6.07) is 13.5. The van der Waals surface area contributed by atoms with Gasteiger partial charge in [0.2, 0.25) is 10.0 Å². The van der Waals surface area contributed by atoms with E-state index in [0.29, 0.717) is 0 Å². The molecule has 0 bridgehead atoms.